The van der Waals surface area contributed by atoms with E-state index in [-0.39, 0.29) is 0 Å². The Labute approximate surface area is 271 Å². The third kappa shape index (κ3) is 3.65. The second-order valence-corrected chi connectivity index (χ2v) is 12.2. The van der Waals surface area contributed by atoms with E-state index in [2.05, 4.69) is 82.8 Å². The average Bonchev–Trinajstić information content (AvgIpc) is 3.85. The first kappa shape index (κ1) is 25.4. The second-order valence-electron chi connectivity index (χ2n) is 12.2. The van der Waals surface area contributed by atoms with Gasteiger partial charge >= 0.3 is 0 Å². The molecule has 0 saturated heterocycles. The van der Waals surface area contributed by atoms with Crippen molar-refractivity contribution >= 4 is 65.7 Å². The van der Waals surface area contributed by atoms with Gasteiger partial charge in [-0.2, -0.15) is 0 Å². The van der Waals surface area contributed by atoms with Gasteiger partial charge in [-0.3, -0.25) is 0 Å². The fourth-order valence-corrected chi connectivity index (χ4v) is 7.06. The van der Waals surface area contributed by atoms with E-state index in [9.17, 15) is 0 Å². The monoisotopic (exact) mass is 614 g/mol. The Morgan fingerprint density at radius 1 is 0.292 bits per heavy atom. The van der Waals surface area contributed by atoms with Gasteiger partial charge in [0.15, 0.2) is 23.3 Å². The molecular formula is C40H22N8. The molecule has 0 amide bonds. The SMILES string of the molecule is c1ccc2c(c1)-c1nc-2nc2[nH]c(nc3nc(nc4[nH]c(n1)c1ccccc41)-c1cc4ccccc4cc1-3)c1cc3ccccc3cc21. The molecule has 8 nitrogen and oxygen atoms in total. The van der Waals surface area contributed by atoms with Crippen LogP contribution < -0.4 is 0 Å². The highest BCUT2D eigenvalue weighted by molar-refractivity contribution is 6.11. The Morgan fingerprint density at radius 2 is 0.625 bits per heavy atom. The standard InChI is InChI=1S/C40H22N8/c1-3-11-23-19-31-29(17-21(23)9-1)37-44-35-27-15-7-5-13-25(27)33(42-35)41-34-26-14-6-8-16-28(26)36(43-34)45-38-30-18-22-10-2-4-12-24(22)20-32(30)40(47-38)48-39(31)46-37/h1-20H,(H2,41,42,43,44,45,46,47,48). The first-order chi connectivity index (χ1) is 23.7. The number of nitrogens with zero attached hydrogens (tertiary/aromatic N) is 6. The smallest absolute Gasteiger partial charge is 0.164 e. The lowest BCUT2D eigenvalue weighted by Gasteiger charge is -2.03. The first-order valence-corrected chi connectivity index (χ1v) is 15.8. The normalized spacial score (nSPS) is 12.2. The van der Waals surface area contributed by atoms with E-state index in [1.54, 1.807) is 0 Å². The van der Waals surface area contributed by atoms with E-state index in [4.69, 9.17) is 29.9 Å². The Bertz CT molecular complexity index is 3030. The Morgan fingerprint density at radius 3 is 1.06 bits per heavy atom. The molecule has 0 atom stereocenters. The van der Waals surface area contributed by atoms with E-state index in [0.29, 0.717) is 45.9 Å². The minimum atomic E-state index is 0.587. The quantitative estimate of drug-likeness (QED) is 0.176. The van der Waals surface area contributed by atoms with E-state index in [1.165, 1.54) is 0 Å². The molecule has 0 fully saturated rings. The van der Waals surface area contributed by atoms with Crippen LogP contribution in [-0.2, 0) is 0 Å². The van der Waals surface area contributed by atoms with Gasteiger partial charge in [0.05, 0.1) is 0 Å². The van der Waals surface area contributed by atoms with Crippen molar-refractivity contribution in [3.05, 3.63) is 121 Å². The van der Waals surface area contributed by atoms with Crippen LogP contribution in [0.25, 0.3) is 111 Å². The Balaban J connectivity index is 1.36. The summed E-state index contributed by atoms with van der Waals surface area (Å²) in [6, 6.07) is 41.5. The summed E-state index contributed by atoms with van der Waals surface area (Å²) in [5.41, 5.74) is 6.39. The number of fused-ring (bicyclic) bond motifs is 22. The van der Waals surface area contributed by atoms with E-state index in [1.807, 2.05) is 48.5 Å². The van der Waals surface area contributed by atoms with Crippen LogP contribution in [0.5, 0.6) is 0 Å². The molecule has 6 aromatic carbocycles. The molecule has 2 aliphatic heterocycles. The molecule has 2 N–H and O–H groups in total. The number of benzene rings is 6. The summed E-state index contributed by atoms with van der Waals surface area (Å²) in [6.45, 7) is 0. The molecule has 9 aromatic rings. The zero-order valence-electron chi connectivity index (χ0n) is 25.2. The summed E-state index contributed by atoms with van der Waals surface area (Å²) in [5, 5.41) is 8.26. The third-order valence-corrected chi connectivity index (χ3v) is 9.38. The summed E-state index contributed by atoms with van der Waals surface area (Å²) in [5.74, 6) is 2.35. The molecule has 222 valence electrons. The van der Waals surface area contributed by atoms with E-state index < -0.39 is 0 Å². The maximum absolute atomic E-state index is 5.23. The molecule has 48 heavy (non-hydrogen) atoms. The van der Waals surface area contributed by atoms with Gasteiger partial charge in [0, 0.05) is 43.8 Å². The zero-order valence-corrected chi connectivity index (χ0v) is 25.2. The predicted molar refractivity (Wildman–Crippen MR) is 191 cm³/mol. The van der Waals surface area contributed by atoms with Gasteiger partial charge < -0.3 is 9.97 Å². The van der Waals surface area contributed by atoms with Gasteiger partial charge in [-0.25, -0.2) is 29.9 Å². The molecule has 5 heterocycles. The maximum atomic E-state index is 5.23. The van der Waals surface area contributed by atoms with Gasteiger partial charge in [-0.15, -0.1) is 0 Å². The number of aromatic amines is 2. The molecular weight excluding hydrogens is 592 g/mol. The van der Waals surface area contributed by atoms with Crippen LogP contribution in [0.3, 0.4) is 0 Å². The molecule has 0 spiro atoms. The van der Waals surface area contributed by atoms with Gasteiger partial charge in [0.2, 0.25) is 0 Å². The molecule has 3 aromatic heterocycles. The van der Waals surface area contributed by atoms with Crippen LogP contribution in [0, 0.1) is 0 Å². The van der Waals surface area contributed by atoms with Crippen molar-refractivity contribution in [3.63, 3.8) is 0 Å². The van der Waals surface area contributed by atoms with E-state index in [0.717, 1.165) is 65.3 Å². The number of H-pyrrole nitrogens is 2. The minimum Gasteiger partial charge on any atom is -0.324 e. The number of aromatic nitrogens is 8. The highest BCUT2D eigenvalue weighted by atomic mass is 15.1. The lowest BCUT2D eigenvalue weighted by molar-refractivity contribution is 1.19. The molecule has 8 heteroatoms. The van der Waals surface area contributed by atoms with Crippen LogP contribution in [0.1, 0.15) is 0 Å². The molecule has 11 rings (SSSR count). The number of nitrogens with one attached hydrogen (secondary N) is 2. The van der Waals surface area contributed by atoms with Crippen molar-refractivity contribution in [2.45, 2.75) is 0 Å². The zero-order chi connectivity index (χ0) is 31.3. The van der Waals surface area contributed by atoms with Crippen molar-refractivity contribution in [2.24, 2.45) is 0 Å². The lowest BCUT2D eigenvalue weighted by Crippen LogP contribution is -1.83. The molecule has 0 saturated carbocycles. The highest BCUT2D eigenvalue weighted by Crippen LogP contribution is 2.39. The molecule has 0 aliphatic carbocycles. The molecule has 2 aliphatic rings. The predicted octanol–water partition coefficient (Wildman–Crippen LogP) is 9.18. The van der Waals surface area contributed by atoms with Gasteiger partial charge in [-0.05, 0) is 45.8 Å². The summed E-state index contributed by atoms with van der Waals surface area (Å²) in [7, 11) is 0. The molecule has 0 unspecified atom stereocenters. The molecule has 8 bridgehead atoms. The van der Waals surface area contributed by atoms with Crippen LogP contribution in [0.15, 0.2) is 121 Å². The largest absolute Gasteiger partial charge is 0.324 e. The summed E-state index contributed by atoms with van der Waals surface area (Å²) >= 11 is 0. The Hall–Kier alpha value is -6.80. The third-order valence-electron chi connectivity index (χ3n) is 9.38. The minimum absolute atomic E-state index is 0.587. The van der Waals surface area contributed by atoms with Gasteiger partial charge in [-0.1, -0.05) is 97.1 Å². The maximum Gasteiger partial charge on any atom is 0.164 e. The topological polar surface area (TPSA) is 109 Å². The number of hydrogen-bond donors (Lipinski definition) is 2. The summed E-state index contributed by atoms with van der Waals surface area (Å²) < 4.78 is 0. The fourth-order valence-electron chi connectivity index (χ4n) is 7.06. The Kier molecular flexibility index (Phi) is 4.96. The summed E-state index contributed by atoms with van der Waals surface area (Å²) in [4.78, 5) is 37.8. The van der Waals surface area contributed by atoms with Crippen molar-refractivity contribution in [2.75, 3.05) is 0 Å². The van der Waals surface area contributed by atoms with Crippen LogP contribution in [-0.4, -0.2) is 39.9 Å². The van der Waals surface area contributed by atoms with Gasteiger partial charge in [0.25, 0.3) is 0 Å². The van der Waals surface area contributed by atoms with Crippen LogP contribution in [0.4, 0.5) is 0 Å². The van der Waals surface area contributed by atoms with Crippen molar-refractivity contribution < 1.29 is 0 Å². The summed E-state index contributed by atoms with van der Waals surface area (Å²) in [6.07, 6.45) is 0. The first-order valence-electron chi connectivity index (χ1n) is 15.8. The van der Waals surface area contributed by atoms with Crippen LogP contribution >= 0.6 is 0 Å². The lowest BCUT2D eigenvalue weighted by atomic mass is 10.0. The van der Waals surface area contributed by atoms with Crippen molar-refractivity contribution in [1.82, 2.24) is 39.9 Å². The highest BCUT2D eigenvalue weighted by Gasteiger charge is 2.23. The van der Waals surface area contributed by atoms with E-state index >= 15 is 0 Å². The average molecular weight is 615 g/mol. The fraction of sp³-hybridized carbons (Fsp3) is 0. The number of hydrogen-bond acceptors (Lipinski definition) is 6. The van der Waals surface area contributed by atoms with Gasteiger partial charge in [0.1, 0.15) is 22.6 Å². The van der Waals surface area contributed by atoms with Crippen LogP contribution in [0.2, 0.25) is 0 Å². The van der Waals surface area contributed by atoms with Crippen molar-refractivity contribution in [3.8, 4) is 45.6 Å². The van der Waals surface area contributed by atoms with Crippen molar-refractivity contribution in [1.29, 1.82) is 0 Å². The molecule has 0 radical (unpaired) electrons. The second kappa shape index (κ2) is 9.37. The number of rotatable bonds is 0.